The van der Waals surface area contributed by atoms with Crippen LogP contribution < -0.4 is 5.32 Å². The average molecular weight is 127 g/mol. The minimum Gasteiger partial charge on any atom is -0.316 e. The van der Waals surface area contributed by atoms with Gasteiger partial charge in [-0.2, -0.15) is 0 Å². The van der Waals surface area contributed by atoms with Gasteiger partial charge in [0.05, 0.1) is 0 Å². The summed E-state index contributed by atoms with van der Waals surface area (Å²) in [5.74, 6) is 0.185. The fourth-order valence-electron chi connectivity index (χ4n) is 0.426. The van der Waals surface area contributed by atoms with Gasteiger partial charge in [-0.3, -0.25) is 4.79 Å². The van der Waals surface area contributed by atoms with Gasteiger partial charge in [-0.05, 0) is 13.1 Å². The van der Waals surface area contributed by atoms with Gasteiger partial charge in [0.1, 0.15) is 0 Å². The topological polar surface area (TPSA) is 29.1 Å². The maximum absolute atomic E-state index is 10.6. The first kappa shape index (κ1) is 8.37. The molecule has 0 saturated carbocycles. The molecule has 52 valence electrons. The number of rotatable bonds is 4. The second-order valence-electron chi connectivity index (χ2n) is 1.78. The van der Waals surface area contributed by atoms with Crippen molar-refractivity contribution in [1.82, 2.24) is 5.32 Å². The molecule has 0 radical (unpaired) electrons. The minimum atomic E-state index is 0.185. The van der Waals surface area contributed by atoms with Crippen LogP contribution in [0, 0.1) is 0 Å². The molecular formula is C7H13NO. The first-order chi connectivity index (χ1) is 4.31. The molecule has 0 spiro atoms. The largest absolute Gasteiger partial charge is 0.316 e. The maximum atomic E-state index is 10.6. The third-order valence-corrected chi connectivity index (χ3v) is 0.974. The lowest BCUT2D eigenvalue weighted by molar-refractivity contribution is -0.114. The molecule has 0 aromatic heterocycles. The standard InChI is InChI=1S/C7H13NO/c1-3-7(9)5-4-6-8-2/h4-5,8H,3,6H2,1-2H3/b5-4+. The molecule has 0 amide bonds. The zero-order valence-electron chi connectivity index (χ0n) is 5.98. The van der Waals surface area contributed by atoms with E-state index in [9.17, 15) is 4.79 Å². The molecule has 0 unspecified atom stereocenters. The van der Waals surface area contributed by atoms with E-state index < -0.39 is 0 Å². The number of carbonyl (C=O) groups is 1. The van der Waals surface area contributed by atoms with Crippen molar-refractivity contribution in [3.63, 3.8) is 0 Å². The minimum absolute atomic E-state index is 0.185. The molecule has 0 aromatic carbocycles. The molecule has 0 rings (SSSR count). The maximum Gasteiger partial charge on any atom is 0.155 e. The summed E-state index contributed by atoms with van der Waals surface area (Å²) in [6.07, 6.45) is 4.03. The first-order valence-electron chi connectivity index (χ1n) is 3.15. The first-order valence-corrected chi connectivity index (χ1v) is 3.15. The molecule has 1 N–H and O–H groups in total. The molecule has 0 aliphatic heterocycles. The van der Waals surface area contributed by atoms with E-state index in [2.05, 4.69) is 5.32 Å². The van der Waals surface area contributed by atoms with E-state index in [-0.39, 0.29) is 5.78 Å². The highest BCUT2D eigenvalue weighted by molar-refractivity contribution is 5.89. The number of likely N-dealkylation sites (N-methyl/N-ethyl adjacent to an activating group) is 1. The van der Waals surface area contributed by atoms with E-state index in [1.54, 1.807) is 6.08 Å². The van der Waals surface area contributed by atoms with Crippen molar-refractivity contribution in [2.24, 2.45) is 0 Å². The van der Waals surface area contributed by atoms with Gasteiger partial charge in [-0.15, -0.1) is 0 Å². The van der Waals surface area contributed by atoms with Crippen LogP contribution in [0.1, 0.15) is 13.3 Å². The number of hydrogen-bond donors (Lipinski definition) is 1. The summed E-state index contributed by atoms with van der Waals surface area (Å²) in [6.45, 7) is 2.62. The predicted molar refractivity (Wildman–Crippen MR) is 38.4 cm³/mol. The molecule has 9 heavy (non-hydrogen) atoms. The van der Waals surface area contributed by atoms with Gasteiger partial charge in [0.2, 0.25) is 0 Å². The van der Waals surface area contributed by atoms with Crippen LogP contribution in [-0.4, -0.2) is 19.4 Å². The van der Waals surface area contributed by atoms with Crippen LogP contribution in [0.2, 0.25) is 0 Å². The summed E-state index contributed by atoms with van der Waals surface area (Å²) in [5, 5.41) is 2.91. The van der Waals surface area contributed by atoms with Crippen LogP contribution in [0.3, 0.4) is 0 Å². The highest BCUT2D eigenvalue weighted by Gasteiger charge is 1.85. The Labute approximate surface area is 56.0 Å². The third kappa shape index (κ3) is 5.24. The van der Waals surface area contributed by atoms with E-state index in [1.165, 1.54) is 0 Å². The molecule has 0 heterocycles. The Morgan fingerprint density at radius 1 is 1.67 bits per heavy atom. The second-order valence-corrected chi connectivity index (χ2v) is 1.78. The summed E-state index contributed by atoms with van der Waals surface area (Å²) in [4.78, 5) is 10.6. The van der Waals surface area contributed by atoms with Gasteiger partial charge in [0, 0.05) is 13.0 Å². The molecule has 2 heteroatoms. The Bertz CT molecular complexity index is 107. The summed E-state index contributed by atoms with van der Waals surface area (Å²) in [6, 6.07) is 0. The normalized spacial score (nSPS) is 10.4. The van der Waals surface area contributed by atoms with E-state index in [4.69, 9.17) is 0 Å². The average Bonchev–Trinajstić information content (AvgIpc) is 1.89. The summed E-state index contributed by atoms with van der Waals surface area (Å²) in [5.41, 5.74) is 0. The van der Waals surface area contributed by atoms with Crippen LogP contribution in [-0.2, 0) is 4.79 Å². The van der Waals surface area contributed by atoms with Crippen molar-refractivity contribution >= 4 is 5.78 Å². The smallest absolute Gasteiger partial charge is 0.155 e. The van der Waals surface area contributed by atoms with Gasteiger partial charge < -0.3 is 5.32 Å². The fourth-order valence-corrected chi connectivity index (χ4v) is 0.426. The fraction of sp³-hybridized carbons (Fsp3) is 0.571. The van der Waals surface area contributed by atoms with E-state index in [1.807, 2.05) is 20.0 Å². The van der Waals surface area contributed by atoms with Crippen LogP contribution in [0.5, 0.6) is 0 Å². The molecule has 0 aliphatic carbocycles. The Morgan fingerprint density at radius 3 is 2.78 bits per heavy atom. The van der Waals surface area contributed by atoms with Crippen LogP contribution in [0.15, 0.2) is 12.2 Å². The quantitative estimate of drug-likeness (QED) is 0.564. The van der Waals surface area contributed by atoms with E-state index in [0.717, 1.165) is 6.54 Å². The molecule has 0 bridgehead atoms. The number of allylic oxidation sites excluding steroid dienone is 1. The SMILES string of the molecule is CCC(=O)/C=C/CNC. The zero-order chi connectivity index (χ0) is 7.11. The number of ketones is 1. The number of hydrogen-bond acceptors (Lipinski definition) is 2. The molecule has 0 aliphatic rings. The van der Waals surface area contributed by atoms with Gasteiger partial charge in [-0.25, -0.2) is 0 Å². The van der Waals surface area contributed by atoms with Crippen molar-refractivity contribution in [2.75, 3.05) is 13.6 Å². The molecule has 0 fully saturated rings. The predicted octanol–water partition coefficient (Wildman–Crippen LogP) is 0.741. The zero-order valence-corrected chi connectivity index (χ0v) is 5.98. The van der Waals surface area contributed by atoms with Crippen molar-refractivity contribution in [2.45, 2.75) is 13.3 Å². The monoisotopic (exact) mass is 127 g/mol. The Balaban J connectivity index is 3.32. The highest BCUT2D eigenvalue weighted by Crippen LogP contribution is 1.81. The van der Waals surface area contributed by atoms with Gasteiger partial charge in [-0.1, -0.05) is 13.0 Å². The molecule has 0 saturated heterocycles. The Kier molecular flexibility index (Phi) is 5.12. The van der Waals surface area contributed by atoms with Crippen LogP contribution in [0.4, 0.5) is 0 Å². The van der Waals surface area contributed by atoms with E-state index >= 15 is 0 Å². The van der Waals surface area contributed by atoms with Gasteiger partial charge in [0.25, 0.3) is 0 Å². The number of carbonyl (C=O) groups excluding carboxylic acids is 1. The van der Waals surface area contributed by atoms with Crippen molar-refractivity contribution in [1.29, 1.82) is 0 Å². The second kappa shape index (κ2) is 5.51. The van der Waals surface area contributed by atoms with Crippen LogP contribution in [0.25, 0.3) is 0 Å². The lowest BCUT2D eigenvalue weighted by atomic mass is 10.3. The van der Waals surface area contributed by atoms with Gasteiger partial charge >= 0.3 is 0 Å². The molecule has 2 nitrogen and oxygen atoms in total. The molecular weight excluding hydrogens is 114 g/mol. The summed E-state index contributed by atoms with van der Waals surface area (Å²) < 4.78 is 0. The third-order valence-electron chi connectivity index (χ3n) is 0.974. The lowest BCUT2D eigenvalue weighted by Crippen LogP contribution is -2.04. The van der Waals surface area contributed by atoms with Crippen molar-refractivity contribution < 1.29 is 4.79 Å². The van der Waals surface area contributed by atoms with Crippen molar-refractivity contribution in [3.05, 3.63) is 12.2 Å². The Hall–Kier alpha value is -0.630. The van der Waals surface area contributed by atoms with Crippen molar-refractivity contribution in [3.8, 4) is 0 Å². The molecule has 0 aromatic rings. The Morgan fingerprint density at radius 2 is 2.33 bits per heavy atom. The molecule has 0 atom stereocenters. The summed E-state index contributed by atoms with van der Waals surface area (Å²) in [7, 11) is 1.85. The number of nitrogens with one attached hydrogen (secondary N) is 1. The van der Waals surface area contributed by atoms with Gasteiger partial charge in [0.15, 0.2) is 5.78 Å². The van der Waals surface area contributed by atoms with E-state index in [0.29, 0.717) is 6.42 Å². The highest BCUT2D eigenvalue weighted by atomic mass is 16.1. The van der Waals surface area contributed by atoms with Crippen LogP contribution >= 0.6 is 0 Å². The lowest BCUT2D eigenvalue weighted by Gasteiger charge is -1.86. The summed E-state index contributed by atoms with van der Waals surface area (Å²) >= 11 is 0.